The van der Waals surface area contributed by atoms with E-state index < -0.39 is 0 Å². The quantitative estimate of drug-likeness (QED) is 0.183. The molecule has 0 spiro atoms. The Hall–Kier alpha value is -5.13. The van der Waals surface area contributed by atoms with Crippen LogP contribution in [0.25, 0.3) is 61.3 Å². The van der Waals surface area contributed by atoms with Crippen LogP contribution in [0.15, 0.2) is 91.0 Å². The van der Waals surface area contributed by atoms with E-state index in [1.165, 1.54) is 38.4 Å². The zero-order chi connectivity index (χ0) is 34.6. The lowest BCUT2D eigenvalue weighted by atomic mass is 9.94. The number of anilines is 1. The highest BCUT2D eigenvalue weighted by Gasteiger charge is 2.28. The average Bonchev–Trinajstić information content (AvgIpc) is 3.64. The minimum Gasteiger partial charge on any atom is -0.398 e. The second kappa shape index (κ2) is 12.7. The van der Waals surface area contributed by atoms with Gasteiger partial charge in [0.2, 0.25) is 0 Å². The topological polar surface area (TPSA) is 47.9 Å². The highest BCUT2D eigenvalue weighted by molar-refractivity contribution is 6.13. The van der Waals surface area contributed by atoms with Gasteiger partial charge < -0.3 is 20.2 Å². The van der Waals surface area contributed by atoms with Crippen LogP contribution in [0.5, 0.6) is 0 Å². The molecule has 0 fully saturated rings. The third kappa shape index (κ3) is 4.98. The Morgan fingerprint density at radius 1 is 0.755 bits per heavy atom. The number of benzene rings is 5. The Balaban J connectivity index is 0.00000186. The molecule has 0 amide bonds. The molecule has 1 aliphatic rings. The van der Waals surface area contributed by atoms with Gasteiger partial charge in [-0.3, -0.25) is 0 Å². The van der Waals surface area contributed by atoms with E-state index >= 15 is 4.39 Å². The molecule has 2 aromatic heterocycles. The number of rotatable bonds is 5. The smallest absolute Gasteiger partial charge is 0.131 e. The first-order valence-corrected chi connectivity index (χ1v) is 17.5. The largest absolute Gasteiger partial charge is 0.398 e. The van der Waals surface area contributed by atoms with Crippen LogP contribution in [-0.2, 0) is 6.42 Å². The number of nitrogens with zero attached hydrogens (tertiary/aromatic N) is 2. The molecule has 8 rings (SSSR count). The number of fused-ring (bicyclic) bond motifs is 6. The lowest BCUT2D eigenvalue weighted by Crippen LogP contribution is -2.18. The molecule has 248 valence electrons. The van der Waals surface area contributed by atoms with E-state index in [9.17, 15) is 0 Å². The molecule has 1 unspecified atom stereocenters. The van der Waals surface area contributed by atoms with Crippen LogP contribution in [0, 0.1) is 26.6 Å². The van der Waals surface area contributed by atoms with Crippen molar-refractivity contribution < 1.29 is 4.39 Å². The van der Waals surface area contributed by atoms with Gasteiger partial charge in [-0.15, -0.1) is 0 Å². The first-order chi connectivity index (χ1) is 23.8. The van der Waals surface area contributed by atoms with Gasteiger partial charge in [-0.25, -0.2) is 4.39 Å². The van der Waals surface area contributed by atoms with Gasteiger partial charge in [0.05, 0.1) is 33.6 Å². The van der Waals surface area contributed by atoms with Crippen molar-refractivity contribution in [3.63, 3.8) is 0 Å². The van der Waals surface area contributed by atoms with Gasteiger partial charge in [-0.05, 0) is 105 Å². The van der Waals surface area contributed by atoms with Gasteiger partial charge in [-0.2, -0.15) is 0 Å². The molecule has 49 heavy (non-hydrogen) atoms. The minimum atomic E-state index is -0.277. The summed E-state index contributed by atoms with van der Waals surface area (Å²) in [5, 5.41) is 7.35. The molecule has 5 heteroatoms. The number of aromatic nitrogens is 2. The number of nitrogens with one attached hydrogen (secondary N) is 1. The molecule has 1 aliphatic carbocycles. The molecule has 2 heterocycles. The first-order valence-electron chi connectivity index (χ1n) is 17.5. The van der Waals surface area contributed by atoms with Crippen LogP contribution in [0.2, 0.25) is 0 Å². The van der Waals surface area contributed by atoms with Crippen molar-refractivity contribution in [2.45, 2.75) is 60.4 Å². The Bertz CT molecular complexity index is 2420. The highest BCUT2D eigenvalue weighted by Crippen LogP contribution is 2.45. The Kier molecular flexibility index (Phi) is 8.41. The fourth-order valence-electron chi connectivity index (χ4n) is 7.97. The zero-order valence-electron chi connectivity index (χ0n) is 29.6. The number of nitrogens with two attached hydrogens (primary N) is 1. The van der Waals surface area contributed by atoms with E-state index in [2.05, 4.69) is 114 Å². The van der Waals surface area contributed by atoms with Crippen molar-refractivity contribution in [2.75, 3.05) is 12.8 Å². The lowest BCUT2D eigenvalue weighted by Gasteiger charge is -2.23. The molecule has 7 aromatic rings. The van der Waals surface area contributed by atoms with Crippen LogP contribution in [0.1, 0.15) is 66.7 Å². The molecule has 0 aliphatic heterocycles. The van der Waals surface area contributed by atoms with Crippen molar-refractivity contribution >= 4 is 44.5 Å². The maximum absolute atomic E-state index is 15.7. The van der Waals surface area contributed by atoms with Gasteiger partial charge >= 0.3 is 0 Å². The first kappa shape index (κ1) is 32.4. The third-order valence-corrected chi connectivity index (χ3v) is 10.2. The molecule has 4 nitrogen and oxygen atoms in total. The van der Waals surface area contributed by atoms with Crippen LogP contribution in [-0.4, -0.2) is 16.2 Å². The number of hydrogen-bond acceptors (Lipinski definition) is 2. The summed E-state index contributed by atoms with van der Waals surface area (Å²) in [6.45, 7) is 12.5. The Morgan fingerprint density at radius 2 is 1.39 bits per heavy atom. The molecule has 0 bridgehead atoms. The summed E-state index contributed by atoms with van der Waals surface area (Å²) in [7, 11) is 2.04. The third-order valence-electron chi connectivity index (χ3n) is 10.2. The van der Waals surface area contributed by atoms with Crippen LogP contribution in [0.4, 0.5) is 10.1 Å². The van der Waals surface area contributed by atoms with E-state index in [4.69, 9.17) is 5.73 Å². The monoisotopic (exact) mass is 648 g/mol. The van der Waals surface area contributed by atoms with Crippen molar-refractivity contribution in [1.29, 1.82) is 0 Å². The fraction of sp³-hybridized carbons (Fsp3) is 0.227. The van der Waals surface area contributed by atoms with Crippen molar-refractivity contribution in [3.8, 4) is 22.5 Å². The maximum atomic E-state index is 15.7. The second-order valence-electron chi connectivity index (χ2n) is 13.0. The van der Waals surface area contributed by atoms with E-state index in [-0.39, 0.29) is 11.9 Å². The molecule has 3 N–H and O–H groups in total. The zero-order valence-corrected chi connectivity index (χ0v) is 29.6. The Morgan fingerprint density at radius 3 is 2.06 bits per heavy atom. The molecule has 0 saturated carbocycles. The number of halogens is 1. The fourth-order valence-corrected chi connectivity index (χ4v) is 7.97. The molecule has 1 atom stereocenters. The number of aryl methyl sites for hydroxylation is 4. The maximum Gasteiger partial charge on any atom is 0.131 e. The SMILES string of the molecule is CC.CCc1cccc2c1c1c(C)cccc1n2-c1cc(N)c(-c2ccc(C)cc2F)cc1-n1c2c(c3c(C)cccc31)C(NC)CC=C2. The van der Waals surface area contributed by atoms with Crippen molar-refractivity contribution in [1.82, 2.24) is 14.5 Å². The summed E-state index contributed by atoms with van der Waals surface area (Å²) in [5.41, 5.74) is 21.0. The summed E-state index contributed by atoms with van der Waals surface area (Å²) < 4.78 is 20.4. The van der Waals surface area contributed by atoms with E-state index in [1.54, 1.807) is 6.07 Å². The van der Waals surface area contributed by atoms with Crippen LogP contribution < -0.4 is 11.1 Å². The summed E-state index contributed by atoms with van der Waals surface area (Å²) in [5.74, 6) is -0.277. The lowest BCUT2D eigenvalue weighted by molar-refractivity contribution is 0.600. The molecule has 0 saturated heterocycles. The van der Waals surface area contributed by atoms with Gasteiger partial charge in [0.25, 0.3) is 0 Å². The van der Waals surface area contributed by atoms with Crippen molar-refractivity contribution in [2.24, 2.45) is 0 Å². The van der Waals surface area contributed by atoms with Gasteiger partial charge in [0.15, 0.2) is 0 Å². The van der Waals surface area contributed by atoms with Crippen LogP contribution in [0.3, 0.4) is 0 Å². The number of nitrogen functional groups attached to an aromatic ring is 1. The van der Waals surface area contributed by atoms with E-state index in [0.717, 1.165) is 52.0 Å². The normalized spacial score (nSPS) is 14.0. The summed E-state index contributed by atoms with van der Waals surface area (Å²) in [6.07, 6.45) is 6.34. The summed E-state index contributed by atoms with van der Waals surface area (Å²) in [6, 6.07) is 29.4. The summed E-state index contributed by atoms with van der Waals surface area (Å²) in [4.78, 5) is 0. The number of hydrogen-bond donors (Lipinski definition) is 2. The van der Waals surface area contributed by atoms with E-state index in [0.29, 0.717) is 16.8 Å². The molecular weight excluding hydrogens is 604 g/mol. The summed E-state index contributed by atoms with van der Waals surface area (Å²) >= 11 is 0. The standard InChI is InChI=1S/C42H39FN4.C2H6/c1-6-27-13-9-17-35-41(27)39-25(3)11-7-15-33(39)46(35)38-23-31(44)29(28-20-19-24(2)21-30(28)43)22-37(38)47-34-16-8-12-26(4)40(34)42-32(45-5)14-10-18-36(42)47;1-2/h7-13,15-23,32,45H,6,14,44H2,1-5H3;1-2H3. The second-order valence-corrected chi connectivity index (χ2v) is 13.0. The van der Waals surface area contributed by atoms with Crippen molar-refractivity contribution in [3.05, 3.63) is 130 Å². The van der Waals surface area contributed by atoms with Gasteiger partial charge in [0, 0.05) is 44.6 Å². The molecule has 0 radical (unpaired) electrons. The highest BCUT2D eigenvalue weighted by atomic mass is 19.1. The predicted octanol–water partition coefficient (Wildman–Crippen LogP) is 11.3. The van der Waals surface area contributed by atoms with Crippen LogP contribution >= 0.6 is 0 Å². The minimum absolute atomic E-state index is 0.175. The van der Waals surface area contributed by atoms with Gasteiger partial charge in [0.1, 0.15) is 5.82 Å². The molecular formula is C44H45FN4. The van der Waals surface area contributed by atoms with Gasteiger partial charge in [-0.1, -0.05) is 75.4 Å². The molecule has 5 aromatic carbocycles. The Labute approximate surface area is 288 Å². The average molecular weight is 649 g/mol. The van der Waals surface area contributed by atoms with E-state index in [1.807, 2.05) is 40.0 Å². The predicted molar refractivity (Wildman–Crippen MR) is 208 cm³/mol.